The van der Waals surface area contributed by atoms with Crippen LogP contribution in [0.25, 0.3) is 0 Å². The van der Waals surface area contributed by atoms with E-state index in [1.54, 1.807) is 7.11 Å². The number of methoxy groups -OCH3 is 1. The normalized spacial score (nSPS) is 21.5. The van der Waals surface area contributed by atoms with Gasteiger partial charge in [-0.2, -0.15) is 0 Å². The van der Waals surface area contributed by atoms with E-state index in [4.69, 9.17) is 9.47 Å². The monoisotopic (exact) mass is 559 g/mol. The number of aliphatic imine (C=N–C) groups is 1. The van der Waals surface area contributed by atoms with Gasteiger partial charge in [0.05, 0.1) is 26.4 Å². The van der Waals surface area contributed by atoms with Crippen LogP contribution >= 0.6 is 24.0 Å². The minimum atomic E-state index is 0. The van der Waals surface area contributed by atoms with Crippen molar-refractivity contribution in [3.63, 3.8) is 0 Å². The van der Waals surface area contributed by atoms with Gasteiger partial charge in [0.2, 0.25) is 0 Å². The molecule has 2 fully saturated rings. The number of rotatable bonds is 9. The summed E-state index contributed by atoms with van der Waals surface area (Å²) in [5, 5.41) is 7.09. The number of nitrogens with one attached hydrogen (secondary N) is 2. The standard InChI is InChI=1S/C24H41N5O2.HI/c1-4-21-7-5-6-13-28(21)14-12-26-24(25-2)27-19-23(29-15-17-31-18-16-29)20-8-10-22(30-3)11-9-20;/h8-11,21,23H,4-7,12-19H2,1-3H3,(H2,25,26,27);1H. The van der Waals surface area contributed by atoms with Crippen LogP contribution < -0.4 is 15.4 Å². The van der Waals surface area contributed by atoms with E-state index in [1.807, 2.05) is 19.2 Å². The number of benzene rings is 1. The number of nitrogens with zero attached hydrogens (tertiary/aromatic N) is 3. The van der Waals surface area contributed by atoms with Crippen LogP contribution in [0.3, 0.4) is 0 Å². The molecule has 2 atom stereocenters. The molecule has 1 aromatic carbocycles. The quantitative estimate of drug-likeness (QED) is 0.276. The Morgan fingerprint density at radius 2 is 1.91 bits per heavy atom. The van der Waals surface area contributed by atoms with Gasteiger partial charge in [-0.3, -0.25) is 14.8 Å². The summed E-state index contributed by atoms with van der Waals surface area (Å²) in [7, 11) is 3.56. The molecular weight excluding hydrogens is 517 g/mol. The largest absolute Gasteiger partial charge is 0.497 e. The average molecular weight is 560 g/mol. The topological polar surface area (TPSA) is 61.4 Å². The molecule has 0 aliphatic carbocycles. The lowest BCUT2D eigenvalue weighted by Gasteiger charge is -2.36. The van der Waals surface area contributed by atoms with Crippen LogP contribution in [0.1, 0.15) is 44.2 Å². The molecule has 8 heteroatoms. The fraction of sp³-hybridized carbons (Fsp3) is 0.708. The molecule has 2 saturated heterocycles. The number of guanidine groups is 1. The van der Waals surface area contributed by atoms with Crippen LogP contribution in [0.4, 0.5) is 0 Å². The van der Waals surface area contributed by atoms with Crippen molar-refractivity contribution in [1.82, 2.24) is 20.4 Å². The Balaban J connectivity index is 0.00000363. The van der Waals surface area contributed by atoms with Crippen LogP contribution in [-0.4, -0.2) is 88.4 Å². The number of ether oxygens (including phenoxy) is 2. The highest BCUT2D eigenvalue weighted by molar-refractivity contribution is 14.0. The van der Waals surface area contributed by atoms with Crippen molar-refractivity contribution in [3.05, 3.63) is 29.8 Å². The molecule has 0 spiro atoms. The molecule has 182 valence electrons. The molecule has 0 saturated carbocycles. The zero-order valence-electron chi connectivity index (χ0n) is 20.0. The summed E-state index contributed by atoms with van der Waals surface area (Å²) in [4.78, 5) is 9.59. The fourth-order valence-corrected chi connectivity index (χ4v) is 4.72. The maximum absolute atomic E-state index is 5.57. The van der Waals surface area contributed by atoms with E-state index >= 15 is 0 Å². The molecule has 2 heterocycles. The molecule has 2 aliphatic rings. The number of morpholine rings is 1. The van der Waals surface area contributed by atoms with Crippen molar-refractivity contribution in [3.8, 4) is 5.75 Å². The van der Waals surface area contributed by atoms with Gasteiger partial charge in [-0.25, -0.2) is 0 Å². The average Bonchev–Trinajstić information content (AvgIpc) is 2.84. The molecule has 0 aromatic heterocycles. The van der Waals surface area contributed by atoms with Crippen LogP contribution in [0.5, 0.6) is 5.75 Å². The highest BCUT2D eigenvalue weighted by atomic mass is 127. The van der Waals surface area contributed by atoms with E-state index in [0.29, 0.717) is 0 Å². The van der Waals surface area contributed by atoms with Crippen molar-refractivity contribution in [2.45, 2.75) is 44.7 Å². The van der Waals surface area contributed by atoms with Crippen LogP contribution in [0.15, 0.2) is 29.3 Å². The predicted molar refractivity (Wildman–Crippen MR) is 142 cm³/mol. The maximum atomic E-state index is 5.57. The van der Waals surface area contributed by atoms with E-state index in [0.717, 1.165) is 63.7 Å². The number of halogens is 1. The van der Waals surface area contributed by atoms with Gasteiger partial charge in [0.25, 0.3) is 0 Å². The summed E-state index contributed by atoms with van der Waals surface area (Å²) < 4.78 is 10.9. The van der Waals surface area contributed by atoms with Gasteiger partial charge < -0.3 is 20.1 Å². The molecule has 2 N–H and O–H groups in total. The molecule has 2 unspecified atom stereocenters. The second kappa shape index (κ2) is 14.9. The summed E-state index contributed by atoms with van der Waals surface area (Å²) >= 11 is 0. The van der Waals surface area contributed by atoms with E-state index in [2.05, 4.69) is 44.5 Å². The summed E-state index contributed by atoms with van der Waals surface area (Å²) in [5.41, 5.74) is 1.28. The maximum Gasteiger partial charge on any atom is 0.191 e. The molecule has 32 heavy (non-hydrogen) atoms. The summed E-state index contributed by atoms with van der Waals surface area (Å²) in [5.74, 6) is 1.76. The zero-order valence-corrected chi connectivity index (χ0v) is 22.3. The SMILES string of the molecule is CCC1CCCCN1CCNC(=NC)NCC(c1ccc(OC)cc1)N1CCOCC1.I. The first-order chi connectivity index (χ1) is 15.2. The zero-order chi connectivity index (χ0) is 21.9. The first-order valence-corrected chi connectivity index (χ1v) is 11.9. The predicted octanol–water partition coefficient (Wildman–Crippen LogP) is 3.12. The summed E-state index contributed by atoms with van der Waals surface area (Å²) in [6, 6.07) is 9.42. The highest BCUT2D eigenvalue weighted by Crippen LogP contribution is 2.23. The van der Waals surface area contributed by atoms with E-state index in [9.17, 15) is 0 Å². The van der Waals surface area contributed by atoms with Crippen molar-refractivity contribution >= 4 is 29.9 Å². The van der Waals surface area contributed by atoms with E-state index in [1.165, 1.54) is 37.8 Å². The van der Waals surface area contributed by atoms with Gasteiger partial charge in [-0.1, -0.05) is 25.5 Å². The fourth-order valence-electron chi connectivity index (χ4n) is 4.72. The number of hydrogen-bond donors (Lipinski definition) is 2. The van der Waals surface area contributed by atoms with Crippen molar-refractivity contribution in [2.24, 2.45) is 4.99 Å². The molecule has 7 nitrogen and oxygen atoms in total. The number of hydrogen-bond acceptors (Lipinski definition) is 5. The molecule has 0 bridgehead atoms. The van der Waals surface area contributed by atoms with Crippen LogP contribution in [-0.2, 0) is 4.74 Å². The van der Waals surface area contributed by atoms with Crippen LogP contribution in [0.2, 0.25) is 0 Å². The summed E-state index contributed by atoms with van der Waals surface area (Å²) in [6.45, 7) is 9.78. The van der Waals surface area contributed by atoms with Crippen molar-refractivity contribution in [1.29, 1.82) is 0 Å². The first kappa shape index (κ1) is 27.1. The third-order valence-electron chi connectivity index (χ3n) is 6.59. The third kappa shape index (κ3) is 8.04. The van der Waals surface area contributed by atoms with E-state index in [-0.39, 0.29) is 30.0 Å². The smallest absolute Gasteiger partial charge is 0.191 e. The lowest BCUT2D eigenvalue weighted by molar-refractivity contribution is 0.0170. The van der Waals surface area contributed by atoms with E-state index < -0.39 is 0 Å². The Bertz CT molecular complexity index is 667. The highest BCUT2D eigenvalue weighted by Gasteiger charge is 2.23. The minimum absolute atomic E-state index is 0. The minimum Gasteiger partial charge on any atom is -0.497 e. The van der Waals surface area contributed by atoms with Gasteiger partial charge in [-0.05, 0) is 43.5 Å². The molecule has 0 radical (unpaired) electrons. The lowest BCUT2D eigenvalue weighted by Crippen LogP contribution is -2.48. The Hall–Kier alpha value is -1.10. The van der Waals surface area contributed by atoms with Gasteiger partial charge >= 0.3 is 0 Å². The second-order valence-electron chi connectivity index (χ2n) is 8.41. The summed E-state index contributed by atoms with van der Waals surface area (Å²) in [6.07, 6.45) is 5.29. The number of likely N-dealkylation sites (tertiary alicyclic amines) is 1. The first-order valence-electron chi connectivity index (χ1n) is 11.9. The molecule has 1 aromatic rings. The third-order valence-corrected chi connectivity index (χ3v) is 6.59. The van der Waals surface area contributed by atoms with Gasteiger partial charge in [0.15, 0.2) is 5.96 Å². The Morgan fingerprint density at radius 1 is 1.16 bits per heavy atom. The van der Waals surface area contributed by atoms with Crippen molar-refractivity contribution in [2.75, 3.05) is 66.6 Å². The number of piperidine rings is 1. The van der Waals surface area contributed by atoms with Crippen LogP contribution in [0, 0.1) is 0 Å². The lowest BCUT2D eigenvalue weighted by atomic mass is 10.0. The molecule has 3 rings (SSSR count). The van der Waals surface area contributed by atoms with Gasteiger partial charge in [-0.15, -0.1) is 24.0 Å². The Morgan fingerprint density at radius 3 is 2.56 bits per heavy atom. The second-order valence-corrected chi connectivity index (χ2v) is 8.41. The molecule has 0 amide bonds. The Labute approximate surface area is 211 Å². The Kier molecular flexibility index (Phi) is 12.7. The molecule has 2 aliphatic heterocycles. The van der Waals surface area contributed by atoms with Crippen molar-refractivity contribution < 1.29 is 9.47 Å². The van der Waals surface area contributed by atoms with Gasteiger partial charge in [0.1, 0.15) is 5.75 Å². The van der Waals surface area contributed by atoms with Gasteiger partial charge in [0, 0.05) is 45.8 Å². The molecular formula is C24H42IN5O2.